The molecule has 0 atom stereocenters. The van der Waals surface area contributed by atoms with Crippen LogP contribution >= 0.6 is 0 Å². The van der Waals surface area contributed by atoms with Crippen LogP contribution in [0, 0.1) is 0 Å². The van der Waals surface area contributed by atoms with Gasteiger partial charge in [-0.1, -0.05) is 36.4 Å². The molecule has 2 aromatic rings. The van der Waals surface area contributed by atoms with Crippen molar-refractivity contribution >= 4 is 5.96 Å². The van der Waals surface area contributed by atoms with Crippen LogP contribution in [0.1, 0.15) is 29.2 Å². The molecule has 0 bridgehead atoms. The summed E-state index contributed by atoms with van der Waals surface area (Å²) in [5.41, 5.74) is 2.29. The zero-order chi connectivity index (χ0) is 19.7. The van der Waals surface area contributed by atoms with Gasteiger partial charge in [0.25, 0.3) is 0 Å². The molecule has 0 saturated carbocycles. The van der Waals surface area contributed by atoms with Crippen LogP contribution in [-0.2, 0) is 30.6 Å². The molecule has 0 unspecified atom stereocenters. The lowest BCUT2D eigenvalue weighted by molar-refractivity contribution is -0.137. The van der Waals surface area contributed by atoms with Crippen molar-refractivity contribution in [1.29, 1.82) is 0 Å². The molecule has 2 aromatic carbocycles. The van der Waals surface area contributed by atoms with Crippen LogP contribution in [0.4, 0.5) is 13.2 Å². The van der Waals surface area contributed by atoms with E-state index in [2.05, 4.69) is 15.6 Å². The summed E-state index contributed by atoms with van der Waals surface area (Å²) < 4.78 is 43.3. The number of aliphatic imine (C=N–C) groups is 1. The summed E-state index contributed by atoms with van der Waals surface area (Å²) >= 11 is 0. The highest BCUT2D eigenvalue weighted by molar-refractivity contribution is 5.79. The van der Waals surface area contributed by atoms with E-state index in [9.17, 15) is 13.2 Å². The predicted molar refractivity (Wildman–Crippen MR) is 100 cm³/mol. The Balaban J connectivity index is 1.90. The average molecular weight is 379 g/mol. The van der Waals surface area contributed by atoms with Gasteiger partial charge in [-0.2, -0.15) is 13.2 Å². The number of hydrogen-bond donors (Lipinski definition) is 2. The van der Waals surface area contributed by atoms with E-state index < -0.39 is 11.7 Å². The van der Waals surface area contributed by atoms with Gasteiger partial charge in [-0.15, -0.1) is 0 Å². The fourth-order valence-electron chi connectivity index (χ4n) is 2.48. The first-order valence-corrected chi connectivity index (χ1v) is 8.69. The van der Waals surface area contributed by atoms with E-state index in [0.29, 0.717) is 32.3 Å². The number of ether oxygens (including phenoxy) is 1. The molecule has 2 rings (SSSR count). The number of guanidine groups is 1. The van der Waals surface area contributed by atoms with Crippen LogP contribution < -0.4 is 10.6 Å². The quantitative estimate of drug-likeness (QED) is 0.562. The third-order valence-electron chi connectivity index (χ3n) is 3.99. The van der Waals surface area contributed by atoms with Gasteiger partial charge >= 0.3 is 6.18 Å². The zero-order valence-electron chi connectivity index (χ0n) is 15.4. The lowest BCUT2D eigenvalue weighted by Crippen LogP contribution is -2.36. The molecule has 0 radical (unpaired) electrons. The van der Waals surface area contributed by atoms with Crippen LogP contribution in [0.5, 0.6) is 0 Å². The second-order valence-electron chi connectivity index (χ2n) is 5.88. The molecule has 27 heavy (non-hydrogen) atoms. The molecule has 0 saturated heterocycles. The third-order valence-corrected chi connectivity index (χ3v) is 3.99. The fraction of sp³-hybridized carbons (Fsp3) is 0.350. The van der Waals surface area contributed by atoms with Gasteiger partial charge in [0.15, 0.2) is 5.96 Å². The van der Waals surface area contributed by atoms with Gasteiger partial charge in [-0.25, -0.2) is 0 Å². The SMILES string of the molecule is CCOCc1ccccc1CNC(=NC)NCc1ccc(C(F)(F)F)cc1. The summed E-state index contributed by atoms with van der Waals surface area (Å²) in [6.45, 7) is 4.09. The summed E-state index contributed by atoms with van der Waals surface area (Å²) in [5.74, 6) is 0.570. The summed E-state index contributed by atoms with van der Waals surface area (Å²) in [4.78, 5) is 4.15. The molecule has 7 heteroatoms. The Labute approximate surface area is 157 Å². The van der Waals surface area contributed by atoms with Crippen molar-refractivity contribution < 1.29 is 17.9 Å². The Hall–Kier alpha value is -2.54. The Morgan fingerprint density at radius 1 is 0.963 bits per heavy atom. The van der Waals surface area contributed by atoms with Crippen LogP contribution in [0.25, 0.3) is 0 Å². The van der Waals surface area contributed by atoms with Crippen molar-refractivity contribution in [1.82, 2.24) is 10.6 Å². The molecule has 0 aliphatic heterocycles. The van der Waals surface area contributed by atoms with Crippen LogP contribution in [-0.4, -0.2) is 19.6 Å². The maximum atomic E-state index is 12.6. The smallest absolute Gasteiger partial charge is 0.377 e. The van der Waals surface area contributed by atoms with E-state index in [0.717, 1.165) is 28.8 Å². The molecular weight excluding hydrogens is 355 g/mol. The van der Waals surface area contributed by atoms with Crippen LogP contribution in [0.15, 0.2) is 53.5 Å². The standard InChI is InChI=1S/C20H24F3N3O/c1-3-27-14-17-7-5-4-6-16(17)13-26-19(24-2)25-12-15-8-10-18(11-9-15)20(21,22)23/h4-11H,3,12-14H2,1-2H3,(H2,24,25,26). The van der Waals surface area contributed by atoms with E-state index in [1.807, 2.05) is 31.2 Å². The normalized spacial score (nSPS) is 12.1. The minimum absolute atomic E-state index is 0.373. The molecule has 146 valence electrons. The Kier molecular flexibility index (Phi) is 7.67. The van der Waals surface area contributed by atoms with Gasteiger partial charge in [0.2, 0.25) is 0 Å². The first kappa shape index (κ1) is 20.8. The maximum absolute atomic E-state index is 12.6. The van der Waals surface area contributed by atoms with Gasteiger partial charge in [0, 0.05) is 26.7 Å². The maximum Gasteiger partial charge on any atom is 0.416 e. The average Bonchev–Trinajstić information content (AvgIpc) is 2.67. The molecular formula is C20H24F3N3O. The number of alkyl halides is 3. The highest BCUT2D eigenvalue weighted by atomic mass is 19.4. The third kappa shape index (κ3) is 6.60. The zero-order valence-corrected chi connectivity index (χ0v) is 15.4. The highest BCUT2D eigenvalue weighted by Gasteiger charge is 2.29. The highest BCUT2D eigenvalue weighted by Crippen LogP contribution is 2.29. The number of nitrogens with zero attached hydrogens (tertiary/aromatic N) is 1. The molecule has 0 spiro atoms. The summed E-state index contributed by atoms with van der Waals surface area (Å²) in [6, 6.07) is 13.0. The van der Waals surface area contributed by atoms with E-state index in [4.69, 9.17) is 4.74 Å². The largest absolute Gasteiger partial charge is 0.416 e. The van der Waals surface area contributed by atoms with Crippen LogP contribution in [0.3, 0.4) is 0 Å². The molecule has 0 aromatic heterocycles. The molecule has 0 aliphatic rings. The number of benzene rings is 2. The van der Waals surface area contributed by atoms with Gasteiger partial charge in [0.1, 0.15) is 0 Å². The molecule has 0 amide bonds. The summed E-state index contributed by atoms with van der Waals surface area (Å²) in [5, 5.41) is 6.31. The Morgan fingerprint density at radius 3 is 2.19 bits per heavy atom. The summed E-state index contributed by atoms with van der Waals surface area (Å²) in [6.07, 6.45) is -4.32. The van der Waals surface area contributed by atoms with E-state index in [1.54, 1.807) is 7.05 Å². The molecule has 0 heterocycles. The summed E-state index contributed by atoms with van der Waals surface area (Å²) in [7, 11) is 1.65. The van der Waals surface area contributed by atoms with E-state index >= 15 is 0 Å². The van der Waals surface area contributed by atoms with Crippen molar-refractivity contribution in [2.75, 3.05) is 13.7 Å². The lowest BCUT2D eigenvalue weighted by Gasteiger charge is -2.15. The monoisotopic (exact) mass is 379 g/mol. The van der Waals surface area contributed by atoms with Gasteiger partial charge < -0.3 is 15.4 Å². The number of nitrogens with one attached hydrogen (secondary N) is 2. The molecule has 4 nitrogen and oxygen atoms in total. The predicted octanol–water partition coefficient (Wildman–Crippen LogP) is 4.11. The van der Waals surface area contributed by atoms with Crippen LogP contribution in [0.2, 0.25) is 0 Å². The van der Waals surface area contributed by atoms with Crippen molar-refractivity contribution in [3.05, 3.63) is 70.8 Å². The first-order valence-electron chi connectivity index (χ1n) is 8.69. The lowest BCUT2D eigenvalue weighted by atomic mass is 10.1. The van der Waals surface area contributed by atoms with Gasteiger partial charge in [0.05, 0.1) is 12.2 Å². The van der Waals surface area contributed by atoms with Crippen molar-refractivity contribution in [2.45, 2.75) is 32.8 Å². The van der Waals surface area contributed by atoms with E-state index in [-0.39, 0.29) is 0 Å². The minimum atomic E-state index is -4.32. The van der Waals surface area contributed by atoms with Gasteiger partial charge in [-0.3, -0.25) is 4.99 Å². The molecule has 2 N–H and O–H groups in total. The minimum Gasteiger partial charge on any atom is -0.377 e. The number of hydrogen-bond acceptors (Lipinski definition) is 2. The number of rotatable bonds is 7. The van der Waals surface area contributed by atoms with Crippen molar-refractivity contribution in [3.63, 3.8) is 0 Å². The fourth-order valence-corrected chi connectivity index (χ4v) is 2.48. The van der Waals surface area contributed by atoms with Crippen molar-refractivity contribution in [2.24, 2.45) is 4.99 Å². The topological polar surface area (TPSA) is 45.6 Å². The first-order chi connectivity index (χ1) is 12.9. The van der Waals surface area contributed by atoms with Crippen molar-refractivity contribution in [3.8, 4) is 0 Å². The number of halogens is 3. The Bertz CT molecular complexity index is 743. The Morgan fingerprint density at radius 2 is 1.59 bits per heavy atom. The molecule has 0 aliphatic carbocycles. The molecule has 0 fully saturated rings. The van der Waals surface area contributed by atoms with Gasteiger partial charge in [-0.05, 0) is 35.7 Å². The second-order valence-corrected chi connectivity index (χ2v) is 5.88. The van der Waals surface area contributed by atoms with E-state index in [1.165, 1.54) is 12.1 Å². The second kappa shape index (κ2) is 9.97.